The van der Waals surface area contributed by atoms with Gasteiger partial charge in [-0.2, -0.15) is 9.97 Å². The number of pyridine rings is 1. The molecule has 0 aliphatic heterocycles. The molecule has 8 heteroatoms. The van der Waals surface area contributed by atoms with Crippen molar-refractivity contribution in [3.05, 3.63) is 400 Å². The SMILES string of the molecule is c1ccc(-c2ccc(-c3cc(-c4ccccc4)nc(-c4cccc(-n5c6ccccc6c6c7oc(-c8ccccc8)c(-c8ccccc8)c7ccc65)c4)c3)cc2)cc1.c1ccc(-c2ccc(-c3nc(-c4ccccc4)nc(-n4c5ccccc5c5c6oc(-c7ccccc7)c(-c7ccccc7)c6ccc54)n3)cc2)cc1. The molecule has 516 valence electrons. The fraction of sp³-hybridized carbons (Fsp3) is 0. The highest BCUT2D eigenvalue weighted by Gasteiger charge is 2.27. The van der Waals surface area contributed by atoms with E-state index in [4.69, 9.17) is 28.8 Å². The number of furan rings is 2. The van der Waals surface area contributed by atoms with Gasteiger partial charge in [-0.15, -0.1) is 0 Å². The summed E-state index contributed by atoms with van der Waals surface area (Å²) in [6, 6.07) is 140. The lowest BCUT2D eigenvalue weighted by Gasteiger charge is -2.13. The zero-order valence-corrected chi connectivity index (χ0v) is 59.6. The van der Waals surface area contributed by atoms with Crippen LogP contribution in [0.5, 0.6) is 0 Å². The van der Waals surface area contributed by atoms with Gasteiger partial charge in [0.1, 0.15) is 22.7 Å². The van der Waals surface area contributed by atoms with E-state index in [0.29, 0.717) is 17.6 Å². The maximum absolute atomic E-state index is 7.02. The van der Waals surface area contributed by atoms with E-state index in [9.17, 15) is 0 Å². The third-order valence-electron chi connectivity index (χ3n) is 20.9. The van der Waals surface area contributed by atoms with Gasteiger partial charge in [0.15, 0.2) is 11.6 Å². The third-order valence-corrected chi connectivity index (χ3v) is 20.9. The molecule has 21 aromatic rings. The first-order chi connectivity index (χ1) is 54.6. The summed E-state index contributed by atoms with van der Waals surface area (Å²) in [5, 5.41) is 6.48. The molecule has 0 radical (unpaired) electrons. The van der Waals surface area contributed by atoms with Crippen molar-refractivity contribution < 1.29 is 8.83 Å². The van der Waals surface area contributed by atoms with Crippen LogP contribution < -0.4 is 0 Å². The molecule has 8 nitrogen and oxygen atoms in total. The quantitative estimate of drug-likeness (QED) is 0.114. The van der Waals surface area contributed by atoms with Gasteiger partial charge >= 0.3 is 0 Å². The molecule has 6 aromatic heterocycles. The van der Waals surface area contributed by atoms with E-state index in [1.54, 1.807) is 0 Å². The minimum absolute atomic E-state index is 0.541. The Kier molecular flexibility index (Phi) is 16.4. The Balaban J connectivity index is 0.000000145. The van der Waals surface area contributed by atoms with Gasteiger partial charge in [0.2, 0.25) is 5.95 Å². The highest BCUT2D eigenvalue weighted by atomic mass is 16.3. The Morgan fingerprint density at radius 3 is 1.00 bits per heavy atom. The summed E-state index contributed by atoms with van der Waals surface area (Å²) in [5.41, 5.74) is 26.2. The summed E-state index contributed by atoms with van der Waals surface area (Å²) < 4.78 is 18.5. The van der Waals surface area contributed by atoms with Gasteiger partial charge in [-0.1, -0.05) is 340 Å². The van der Waals surface area contributed by atoms with Crippen LogP contribution in [0.25, 0.3) is 201 Å². The number of hydrogen-bond acceptors (Lipinski definition) is 6. The molecule has 0 unspecified atom stereocenters. The highest BCUT2D eigenvalue weighted by molar-refractivity contribution is 6.24. The van der Waals surface area contributed by atoms with E-state index < -0.39 is 0 Å². The second-order valence-corrected chi connectivity index (χ2v) is 27.5. The molecule has 0 fully saturated rings. The Morgan fingerprint density at radius 1 is 0.200 bits per heavy atom. The first-order valence-electron chi connectivity index (χ1n) is 37.1. The topological polar surface area (TPSA) is 87.7 Å². The molecule has 21 rings (SSSR count). The monoisotopic (exact) mass is 1410 g/mol. The van der Waals surface area contributed by atoms with Gasteiger partial charge in [0.05, 0.1) is 44.2 Å². The predicted molar refractivity (Wildman–Crippen MR) is 452 cm³/mol. The number of para-hydroxylation sites is 2. The Hall–Kier alpha value is -14.9. The normalized spacial score (nSPS) is 11.5. The number of fused-ring (bicyclic) bond motifs is 10. The van der Waals surface area contributed by atoms with Crippen molar-refractivity contribution in [2.45, 2.75) is 0 Å². The van der Waals surface area contributed by atoms with E-state index >= 15 is 0 Å². The van der Waals surface area contributed by atoms with E-state index in [1.807, 2.05) is 60.7 Å². The van der Waals surface area contributed by atoms with Crippen molar-refractivity contribution >= 4 is 65.6 Å². The molecule has 6 heterocycles. The van der Waals surface area contributed by atoms with Crippen molar-refractivity contribution in [1.29, 1.82) is 0 Å². The lowest BCUT2D eigenvalue weighted by molar-refractivity contribution is 0.635. The number of benzene rings is 15. The van der Waals surface area contributed by atoms with Gasteiger partial charge in [0, 0.05) is 71.7 Å². The molecule has 0 atom stereocenters. The summed E-state index contributed by atoms with van der Waals surface area (Å²) in [7, 11) is 0. The average Bonchev–Trinajstić information content (AvgIpc) is 1.56. The van der Waals surface area contributed by atoms with Gasteiger partial charge in [-0.3, -0.25) is 4.57 Å². The number of hydrogen-bond donors (Lipinski definition) is 0. The summed E-state index contributed by atoms with van der Waals surface area (Å²) in [5.74, 6) is 3.48. The number of rotatable bonds is 13. The Bertz CT molecular complexity index is 6940. The molecule has 0 bridgehead atoms. The molecule has 0 N–H and O–H groups in total. The van der Waals surface area contributed by atoms with Crippen molar-refractivity contribution in [3.8, 4) is 135 Å². The Morgan fingerprint density at radius 2 is 0.536 bits per heavy atom. The highest BCUT2D eigenvalue weighted by Crippen LogP contribution is 2.49. The predicted octanol–water partition coefficient (Wildman–Crippen LogP) is 27.0. The largest absolute Gasteiger partial charge is 0.455 e. The van der Waals surface area contributed by atoms with Gasteiger partial charge in [0.25, 0.3) is 0 Å². The van der Waals surface area contributed by atoms with Crippen LogP contribution in [0.1, 0.15) is 0 Å². The minimum atomic E-state index is 0.541. The molecule has 15 aromatic carbocycles. The Labute approximate surface area is 635 Å². The first kappa shape index (κ1) is 64.7. The van der Waals surface area contributed by atoms with Crippen LogP contribution in [0.4, 0.5) is 0 Å². The summed E-state index contributed by atoms with van der Waals surface area (Å²) in [6.07, 6.45) is 0. The van der Waals surface area contributed by atoms with Crippen LogP contribution in [0.3, 0.4) is 0 Å². The number of aromatic nitrogens is 6. The van der Waals surface area contributed by atoms with E-state index in [1.165, 1.54) is 11.1 Å². The van der Waals surface area contributed by atoms with Crippen LogP contribution in [0.15, 0.2) is 409 Å². The smallest absolute Gasteiger partial charge is 0.238 e. The van der Waals surface area contributed by atoms with Gasteiger partial charge < -0.3 is 13.4 Å². The standard InChI is InChI=1S/C55H36N2O.C47H30N4O/c1-5-16-37(17-6-1)38-28-30-39(31-29-38)44-35-48(40-18-7-2-8-19-40)56-49(36-44)43-24-15-25-45(34-43)57-50-27-14-13-26-46(50)53-51(57)33-32-47-52(41-20-9-3-10-21-41)54(58-55(47)53)42-22-11-4-12-23-42;1-5-15-31(16-6-1)32-25-27-36(28-26-32)46-48-45(35-21-11-4-12-22-35)49-47(50-46)51-39-24-14-13-23-37(39)42-40(51)30-29-38-41(33-17-7-2-8-18-33)43(52-44(38)42)34-19-9-3-10-20-34/h1-36H;1-30H. The van der Waals surface area contributed by atoms with E-state index in [-0.39, 0.29) is 0 Å². The zero-order valence-electron chi connectivity index (χ0n) is 59.6. The molecule has 0 aliphatic rings. The van der Waals surface area contributed by atoms with Crippen molar-refractivity contribution in [2.24, 2.45) is 0 Å². The molecule has 0 amide bonds. The number of nitrogens with zero attached hydrogens (tertiary/aromatic N) is 6. The summed E-state index contributed by atoms with van der Waals surface area (Å²) >= 11 is 0. The molecule has 0 saturated carbocycles. The third kappa shape index (κ3) is 11.8. The molecular weight excluding hydrogens is 1340 g/mol. The maximum atomic E-state index is 7.02. The molecular formula is C102H66N6O2. The lowest BCUT2D eigenvalue weighted by Crippen LogP contribution is -2.06. The second-order valence-electron chi connectivity index (χ2n) is 27.5. The molecule has 0 aliphatic carbocycles. The van der Waals surface area contributed by atoms with E-state index in [0.717, 1.165) is 172 Å². The van der Waals surface area contributed by atoms with Crippen molar-refractivity contribution in [1.82, 2.24) is 29.1 Å². The van der Waals surface area contributed by atoms with Gasteiger partial charge in [-0.05, 0) is 105 Å². The van der Waals surface area contributed by atoms with E-state index in [2.05, 4.69) is 349 Å². The summed E-state index contributed by atoms with van der Waals surface area (Å²) in [6.45, 7) is 0. The fourth-order valence-corrected chi connectivity index (χ4v) is 15.7. The van der Waals surface area contributed by atoms with Crippen molar-refractivity contribution in [2.75, 3.05) is 0 Å². The van der Waals surface area contributed by atoms with Crippen LogP contribution in [-0.4, -0.2) is 29.1 Å². The van der Waals surface area contributed by atoms with Crippen LogP contribution in [0, 0.1) is 0 Å². The fourth-order valence-electron chi connectivity index (χ4n) is 15.7. The average molecular weight is 1410 g/mol. The van der Waals surface area contributed by atoms with Gasteiger partial charge in [-0.25, -0.2) is 9.97 Å². The lowest BCUT2D eigenvalue weighted by atomic mass is 9.97. The molecule has 0 saturated heterocycles. The maximum Gasteiger partial charge on any atom is 0.238 e. The van der Waals surface area contributed by atoms with Crippen molar-refractivity contribution in [3.63, 3.8) is 0 Å². The zero-order chi connectivity index (χ0) is 72.9. The van der Waals surface area contributed by atoms with Crippen LogP contribution >= 0.6 is 0 Å². The second kappa shape index (κ2) is 27.9. The molecule has 110 heavy (non-hydrogen) atoms. The summed E-state index contributed by atoms with van der Waals surface area (Å²) in [4.78, 5) is 20.7. The van der Waals surface area contributed by atoms with Crippen LogP contribution in [-0.2, 0) is 0 Å². The molecule has 0 spiro atoms. The first-order valence-corrected chi connectivity index (χ1v) is 37.1. The van der Waals surface area contributed by atoms with Crippen LogP contribution in [0.2, 0.25) is 0 Å². The minimum Gasteiger partial charge on any atom is -0.455 e.